The van der Waals surface area contributed by atoms with Gasteiger partial charge in [-0.2, -0.15) is 26.3 Å². The van der Waals surface area contributed by atoms with Gasteiger partial charge < -0.3 is 9.84 Å². The summed E-state index contributed by atoms with van der Waals surface area (Å²) < 4.78 is 76.9. The van der Waals surface area contributed by atoms with Gasteiger partial charge in [-0.1, -0.05) is 6.58 Å². The van der Waals surface area contributed by atoms with Gasteiger partial charge in [0.1, 0.15) is 0 Å². The molecule has 0 bridgehead atoms. The van der Waals surface area contributed by atoms with E-state index in [1.165, 1.54) is 0 Å². The Bertz CT molecular complexity index is 302. The number of alkyl halides is 6. The highest BCUT2D eigenvalue weighted by Crippen LogP contribution is 2.46. The van der Waals surface area contributed by atoms with Crippen molar-refractivity contribution in [1.29, 1.82) is 0 Å². The van der Waals surface area contributed by atoms with Crippen LogP contribution in [0.1, 0.15) is 6.42 Å². The van der Waals surface area contributed by atoms with Crippen LogP contribution in [0.2, 0.25) is 0 Å². The van der Waals surface area contributed by atoms with E-state index < -0.39 is 35.9 Å². The van der Waals surface area contributed by atoms with E-state index in [2.05, 4.69) is 11.3 Å². The predicted molar refractivity (Wildman–Crippen MR) is 42.8 cm³/mol. The molecule has 0 unspecified atom stereocenters. The molecular formula is C8H8F6O3. The number of ether oxygens (including phenoxy) is 1. The molecule has 0 spiro atoms. The molecule has 0 saturated heterocycles. The van der Waals surface area contributed by atoms with Gasteiger partial charge in [-0.05, 0) is 0 Å². The molecule has 9 heteroatoms. The first-order valence-electron chi connectivity index (χ1n) is 3.98. The van der Waals surface area contributed by atoms with Crippen LogP contribution in [0.4, 0.5) is 26.3 Å². The van der Waals surface area contributed by atoms with E-state index in [0.29, 0.717) is 0 Å². The molecule has 3 nitrogen and oxygen atoms in total. The molecule has 0 aliphatic carbocycles. The van der Waals surface area contributed by atoms with Gasteiger partial charge >= 0.3 is 18.3 Å². The van der Waals surface area contributed by atoms with Crippen LogP contribution in [0.3, 0.4) is 0 Å². The van der Waals surface area contributed by atoms with Gasteiger partial charge in [0.2, 0.25) is 0 Å². The van der Waals surface area contributed by atoms with Crippen molar-refractivity contribution in [1.82, 2.24) is 0 Å². The Hall–Kier alpha value is -1.25. The minimum absolute atomic E-state index is 0.758. The average molecular weight is 266 g/mol. The highest BCUT2D eigenvalue weighted by Gasteiger charge is 2.70. The number of halogens is 6. The van der Waals surface area contributed by atoms with E-state index in [4.69, 9.17) is 5.11 Å². The maximum Gasteiger partial charge on any atom is 0.426 e. The summed E-state index contributed by atoms with van der Waals surface area (Å²) in [5, 5.41) is 8.68. The van der Waals surface area contributed by atoms with Gasteiger partial charge in [0, 0.05) is 12.0 Å². The molecule has 0 aromatic heterocycles. The molecular weight excluding hydrogens is 258 g/mol. The number of esters is 1. The third-order valence-electron chi connectivity index (χ3n) is 1.88. The first kappa shape index (κ1) is 15.8. The molecule has 0 atom stereocenters. The Morgan fingerprint density at radius 2 is 1.53 bits per heavy atom. The zero-order valence-corrected chi connectivity index (χ0v) is 8.45. The third kappa shape index (κ3) is 3.11. The van der Waals surface area contributed by atoms with Crippen LogP contribution in [0, 0.1) is 0 Å². The number of hydrogen-bond acceptors (Lipinski definition) is 3. The summed E-state index contributed by atoms with van der Waals surface area (Å²) in [6.45, 7) is 2.70. The molecule has 100 valence electrons. The summed E-state index contributed by atoms with van der Waals surface area (Å²) in [6, 6.07) is 0. The molecule has 0 heterocycles. The van der Waals surface area contributed by atoms with Crippen LogP contribution >= 0.6 is 0 Å². The normalized spacial score (nSPS) is 13.4. The van der Waals surface area contributed by atoms with Gasteiger partial charge in [0.05, 0.1) is 7.11 Å². The Balaban J connectivity index is 5.27. The Kier molecular flexibility index (Phi) is 4.22. The Labute approximate surface area is 91.7 Å². The van der Waals surface area contributed by atoms with Crippen molar-refractivity contribution in [2.45, 2.75) is 24.4 Å². The van der Waals surface area contributed by atoms with Crippen molar-refractivity contribution in [3.05, 3.63) is 12.2 Å². The second-order valence-corrected chi connectivity index (χ2v) is 3.13. The van der Waals surface area contributed by atoms with Crippen molar-refractivity contribution >= 4 is 5.97 Å². The van der Waals surface area contributed by atoms with Crippen molar-refractivity contribution in [3.8, 4) is 0 Å². The standard InChI is InChI=1S/C8H8F6O3/c1-4(5(15)17-2)3-6(16,7(9,10)11)8(12,13)14/h16H,1,3H2,2H3. The lowest BCUT2D eigenvalue weighted by atomic mass is 9.93. The van der Waals surface area contributed by atoms with Crippen LogP contribution in [-0.4, -0.2) is 36.1 Å². The SMILES string of the molecule is C=C(CC(O)(C(F)(F)F)C(F)(F)F)C(=O)OC. The fraction of sp³-hybridized carbons (Fsp3) is 0.625. The lowest BCUT2D eigenvalue weighted by molar-refractivity contribution is -0.367. The lowest BCUT2D eigenvalue weighted by Crippen LogP contribution is -2.57. The summed E-state index contributed by atoms with van der Waals surface area (Å²) in [5.74, 6) is -1.46. The van der Waals surface area contributed by atoms with E-state index in [0.717, 1.165) is 7.11 Å². The second kappa shape index (κ2) is 4.55. The molecule has 0 aliphatic heterocycles. The molecule has 17 heavy (non-hydrogen) atoms. The zero-order chi connectivity index (χ0) is 14.1. The lowest BCUT2D eigenvalue weighted by Gasteiger charge is -2.32. The zero-order valence-electron chi connectivity index (χ0n) is 8.45. The molecule has 0 aromatic rings. The fourth-order valence-electron chi connectivity index (χ4n) is 0.886. The molecule has 0 amide bonds. The van der Waals surface area contributed by atoms with E-state index in [-0.39, 0.29) is 0 Å². The van der Waals surface area contributed by atoms with E-state index in [9.17, 15) is 31.1 Å². The summed E-state index contributed by atoms with van der Waals surface area (Å²) in [5.41, 5.74) is -6.16. The summed E-state index contributed by atoms with van der Waals surface area (Å²) in [7, 11) is 0.758. The largest absolute Gasteiger partial charge is 0.466 e. The van der Waals surface area contributed by atoms with Crippen molar-refractivity contribution in [3.63, 3.8) is 0 Å². The number of carbonyl (C=O) groups excluding carboxylic acids is 1. The average Bonchev–Trinajstić information content (AvgIpc) is 2.12. The van der Waals surface area contributed by atoms with Gasteiger partial charge in [-0.3, -0.25) is 0 Å². The first-order valence-corrected chi connectivity index (χ1v) is 3.98. The quantitative estimate of drug-likeness (QED) is 0.482. The first-order chi connectivity index (χ1) is 7.37. The van der Waals surface area contributed by atoms with Crippen LogP contribution in [0.25, 0.3) is 0 Å². The smallest absolute Gasteiger partial charge is 0.426 e. The number of hydrogen-bond donors (Lipinski definition) is 1. The third-order valence-corrected chi connectivity index (χ3v) is 1.88. The summed E-state index contributed by atoms with van der Waals surface area (Å²) >= 11 is 0. The number of rotatable bonds is 3. The maximum atomic E-state index is 12.2. The Morgan fingerprint density at radius 3 is 1.76 bits per heavy atom. The molecule has 1 N–H and O–H groups in total. The summed E-state index contributed by atoms with van der Waals surface area (Å²) in [4.78, 5) is 10.7. The van der Waals surface area contributed by atoms with Gasteiger partial charge in [-0.15, -0.1) is 0 Å². The molecule has 0 radical (unpaired) electrons. The summed E-state index contributed by atoms with van der Waals surface area (Å²) in [6.07, 6.45) is -14.0. The highest BCUT2D eigenvalue weighted by atomic mass is 19.4. The van der Waals surface area contributed by atoms with Gasteiger partial charge in [0.25, 0.3) is 5.60 Å². The molecule has 0 aliphatic rings. The maximum absolute atomic E-state index is 12.2. The van der Waals surface area contributed by atoms with Crippen LogP contribution < -0.4 is 0 Å². The van der Waals surface area contributed by atoms with Crippen LogP contribution in [0.15, 0.2) is 12.2 Å². The number of methoxy groups -OCH3 is 1. The van der Waals surface area contributed by atoms with E-state index in [1.807, 2.05) is 0 Å². The topological polar surface area (TPSA) is 46.5 Å². The number of carbonyl (C=O) groups is 1. The number of aliphatic hydroxyl groups is 1. The highest BCUT2D eigenvalue weighted by molar-refractivity contribution is 5.87. The monoisotopic (exact) mass is 266 g/mol. The van der Waals surface area contributed by atoms with E-state index in [1.54, 1.807) is 0 Å². The van der Waals surface area contributed by atoms with Gasteiger partial charge in [0.15, 0.2) is 0 Å². The van der Waals surface area contributed by atoms with Crippen molar-refractivity contribution < 1.29 is 41.0 Å². The van der Waals surface area contributed by atoms with Crippen molar-refractivity contribution in [2.75, 3.05) is 7.11 Å². The Morgan fingerprint density at radius 1 is 1.18 bits per heavy atom. The molecule has 0 rings (SSSR count). The van der Waals surface area contributed by atoms with Crippen molar-refractivity contribution in [2.24, 2.45) is 0 Å². The minimum atomic E-state index is -5.98. The molecule has 0 aromatic carbocycles. The molecule has 0 fully saturated rings. The van der Waals surface area contributed by atoms with E-state index >= 15 is 0 Å². The second-order valence-electron chi connectivity index (χ2n) is 3.13. The fourth-order valence-corrected chi connectivity index (χ4v) is 0.886. The van der Waals surface area contributed by atoms with Gasteiger partial charge in [-0.25, -0.2) is 4.79 Å². The predicted octanol–water partition coefficient (Wildman–Crippen LogP) is 1.96. The van der Waals surface area contributed by atoms with Crippen LogP contribution in [-0.2, 0) is 9.53 Å². The molecule has 0 saturated carbocycles. The van der Waals surface area contributed by atoms with Crippen LogP contribution in [0.5, 0.6) is 0 Å². The minimum Gasteiger partial charge on any atom is -0.466 e.